The second kappa shape index (κ2) is 9.04. The molecule has 31 heavy (non-hydrogen) atoms. The summed E-state index contributed by atoms with van der Waals surface area (Å²) in [4.78, 5) is 26.2. The number of benzene rings is 3. The van der Waals surface area contributed by atoms with Crippen molar-refractivity contribution in [3.05, 3.63) is 89.5 Å². The summed E-state index contributed by atoms with van der Waals surface area (Å²) in [5, 5.41) is 4.54. The number of nitrogens with zero attached hydrogens (tertiary/aromatic N) is 1. The Labute approximate surface area is 183 Å². The smallest absolute Gasteiger partial charge is 0.253 e. The SMILES string of the molecule is CCc1ccccc1NN1C(=O)C(CC(=O)Nc2ccccc2)c2cccc(CC)c21. The van der Waals surface area contributed by atoms with Gasteiger partial charge in [-0.1, -0.05) is 68.4 Å². The van der Waals surface area contributed by atoms with Gasteiger partial charge in [-0.05, 0) is 47.7 Å². The van der Waals surface area contributed by atoms with Crippen molar-refractivity contribution in [3.63, 3.8) is 0 Å². The van der Waals surface area contributed by atoms with Crippen molar-refractivity contribution in [2.75, 3.05) is 15.8 Å². The highest BCUT2D eigenvalue weighted by Crippen LogP contribution is 2.42. The first-order chi connectivity index (χ1) is 15.1. The molecule has 5 nitrogen and oxygen atoms in total. The van der Waals surface area contributed by atoms with E-state index in [0.29, 0.717) is 0 Å². The van der Waals surface area contributed by atoms with Gasteiger partial charge in [0.05, 0.1) is 17.3 Å². The molecular formula is C26H27N3O2. The lowest BCUT2D eigenvalue weighted by Gasteiger charge is -2.23. The lowest BCUT2D eigenvalue weighted by molar-refractivity contribution is -0.123. The third-order valence-electron chi connectivity index (χ3n) is 5.73. The maximum Gasteiger partial charge on any atom is 0.253 e. The zero-order chi connectivity index (χ0) is 21.8. The van der Waals surface area contributed by atoms with Crippen molar-refractivity contribution < 1.29 is 9.59 Å². The summed E-state index contributed by atoms with van der Waals surface area (Å²) in [7, 11) is 0. The number of carbonyl (C=O) groups excluding carboxylic acids is 2. The van der Waals surface area contributed by atoms with Crippen molar-refractivity contribution in [1.29, 1.82) is 0 Å². The summed E-state index contributed by atoms with van der Waals surface area (Å²) in [6, 6.07) is 23.3. The average molecular weight is 414 g/mol. The molecule has 2 N–H and O–H groups in total. The molecule has 0 radical (unpaired) electrons. The summed E-state index contributed by atoms with van der Waals surface area (Å²) in [6.45, 7) is 4.17. The summed E-state index contributed by atoms with van der Waals surface area (Å²) < 4.78 is 0. The van der Waals surface area contributed by atoms with Gasteiger partial charge in [-0.2, -0.15) is 0 Å². The average Bonchev–Trinajstić information content (AvgIpc) is 3.06. The van der Waals surface area contributed by atoms with E-state index < -0.39 is 5.92 Å². The highest BCUT2D eigenvalue weighted by molar-refractivity contribution is 6.09. The fraction of sp³-hybridized carbons (Fsp3) is 0.231. The molecule has 0 saturated carbocycles. The summed E-state index contributed by atoms with van der Waals surface area (Å²) in [5.41, 5.74) is 8.97. The third kappa shape index (κ3) is 4.17. The number of aryl methyl sites for hydroxylation is 2. The molecule has 0 fully saturated rings. The number of nitrogens with one attached hydrogen (secondary N) is 2. The molecule has 0 aromatic heterocycles. The quantitative estimate of drug-likeness (QED) is 0.553. The first-order valence-electron chi connectivity index (χ1n) is 10.8. The molecule has 0 spiro atoms. The fourth-order valence-corrected chi connectivity index (χ4v) is 4.13. The van der Waals surface area contributed by atoms with E-state index in [0.717, 1.165) is 46.6 Å². The molecule has 3 aromatic rings. The Balaban J connectivity index is 1.64. The predicted octanol–water partition coefficient (Wildman–Crippen LogP) is 5.30. The van der Waals surface area contributed by atoms with Crippen molar-refractivity contribution >= 4 is 28.9 Å². The van der Waals surface area contributed by atoms with Gasteiger partial charge in [-0.15, -0.1) is 0 Å². The van der Waals surface area contributed by atoms with Crippen LogP contribution in [0, 0.1) is 0 Å². The van der Waals surface area contributed by atoms with E-state index in [1.807, 2.05) is 66.7 Å². The Kier molecular flexibility index (Phi) is 6.03. The number of hydrazine groups is 1. The molecule has 5 heteroatoms. The first kappa shape index (κ1) is 20.7. The number of rotatable bonds is 7. The van der Waals surface area contributed by atoms with E-state index in [-0.39, 0.29) is 18.2 Å². The zero-order valence-corrected chi connectivity index (χ0v) is 17.9. The van der Waals surface area contributed by atoms with Gasteiger partial charge in [0, 0.05) is 12.1 Å². The monoisotopic (exact) mass is 413 g/mol. The predicted molar refractivity (Wildman–Crippen MR) is 125 cm³/mol. The normalized spacial score (nSPS) is 15.0. The van der Waals surface area contributed by atoms with Crippen molar-refractivity contribution in [3.8, 4) is 0 Å². The number of amides is 2. The van der Waals surface area contributed by atoms with Crippen LogP contribution in [0.1, 0.15) is 42.9 Å². The second-order valence-electron chi connectivity index (χ2n) is 7.68. The molecule has 1 unspecified atom stereocenters. The number of anilines is 3. The highest BCUT2D eigenvalue weighted by atomic mass is 16.2. The Morgan fingerprint density at radius 3 is 2.29 bits per heavy atom. The molecule has 1 aliphatic heterocycles. The second-order valence-corrected chi connectivity index (χ2v) is 7.68. The van der Waals surface area contributed by atoms with E-state index >= 15 is 0 Å². The minimum Gasteiger partial charge on any atom is -0.326 e. The molecular weight excluding hydrogens is 386 g/mol. The molecule has 0 saturated heterocycles. The molecule has 2 amide bonds. The Morgan fingerprint density at radius 2 is 1.55 bits per heavy atom. The van der Waals surface area contributed by atoms with Crippen LogP contribution < -0.4 is 15.8 Å². The molecule has 4 rings (SSSR count). The number of fused-ring (bicyclic) bond motifs is 1. The van der Waals surface area contributed by atoms with Gasteiger partial charge in [0.2, 0.25) is 5.91 Å². The van der Waals surface area contributed by atoms with Crippen LogP contribution >= 0.6 is 0 Å². The maximum atomic E-state index is 13.5. The van der Waals surface area contributed by atoms with E-state index in [9.17, 15) is 9.59 Å². The number of para-hydroxylation sites is 3. The third-order valence-corrected chi connectivity index (χ3v) is 5.73. The molecule has 1 atom stereocenters. The van der Waals surface area contributed by atoms with Crippen LogP contribution in [0.5, 0.6) is 0 Å². The number of hydrogen-bond acceptors (Lipinski definition) is 3. The van der Waals surface area contributed by atoms with Gasteiger partial charge in [0.25, 0.3) is 5.91 Å². The van der Waals surface area contributed by atoms with Crippen LogP contribution in [0.2, 0.25) is 0 Å². The standard InChI is InChI=1S/C26H27N3O2/c1-3-18-11-8-9-16-23(18)28-29-25-19(4-2)12-10-15-21(25)22(26(29)31)17-24(30)27-20-13-6-5-7-14-20/h5-16,22,28H,3-4,17H2,1-2H3,(H,27,30). The van der Waals surface area contributed by atoms with Gasteiger partial charge < -0.3 is 5.32 Å². The molecule has 1 aliphatic rings. The Bertz CT molecular complexity index is 1090. The number of carbonyl (C=O) groups is 2. The molecule has 1 heterocycles. The minimum absolute atomic E-state index is 0.0987. The first-order valence-corrected chi connectivity index (χ1v) is 10.8. The Hall–Kier alpha value is -3.60. The van der Waals surface area contributed by atoms with E-state index in [1.165, 1.54) is 0 Å². The molecule has 0 aliphatic carbocycles. The van der Waals surface area contributed by atoms with Gasteiger partial charge in [0.1, 0.15) is 0 Å². The molecule has 0 bridgehead atoms. The fourth-order valence-electron chi connectivity index (χ4n) is 4.13. The van der Waals surface area contributed by atoms with Crippen LogP contribution in [-0.4, -0.2) is 11.8 Å². The topological polar surface area (TPSA) is 61.4 Å². The summed E-state index contributed by atoms with van der Waals surface area (Å²) in [6.07, 6.45) is 1.75. The summed E-state index contributed by atoms with van der Waals surface area (Å²) in [5.74, 6) is -0.801. The van der Waals surface area contributed by atoms with Crippen LogP contribution in [0.15, 0.2) is 72.8 Å². The van der Waals surface area contributed by atoms with Crippen molar-refractivity contribution in [1.82, 2.24) is 0 Å². The van der Waals surface area contributed by atoms with E-state index in [2.05, 4.69) is 30.7 Å². The van der Waals surface area contributed by atoms with Gasteiger partial charge in [-0.3, -0.25) is 15.0 Å². The van der Waals surface area contributed by atoms with Crippen molar-refractivity contribution in [2.24, 2.45) is 0 Å². The largest absolute Gasteiger partial charge is 0.326 e. The van der Waals surface area contributed by atoms with Crippen LogP contribution in [-0.2, 0) is 22.4 Å². The van der Waals surface area contributed by atoms with Crippen LogP contribution in [0.25, 0.3) is 0 Å². The molecule has 3 aromatic carbocycles. The van der Waals surface area contributed by atoms with E-state index in [1.54, 1.807) is 5.01 Å². The summed E-state index contributed by atoms with van der Waals surface area (Å²) >= 11 is 0. The lowest BCUT2D eigenvalue weighted by atomic mass is 9.94. The van der Waals surface area contributed by atoms with Crippen LogP contribution in [0.3, 0.4) is 0 Å². The highest BCUT2D eigenvalue weighted by Gasteiger charge is 2.40. The van der Waals surface area contributed by atoms with E-state index in [4.69, 9.17) is 0 Å². The maximum absolute atomic E-state index is 13.5. The zero-order valence-electron chi connectivity index (χ0n) is 17.9. The Morgan fingerprint density at radius 1 is 0.871 bits per heavy atom. The van der Waals surface area contributed by atoms with Crippen LogP contribution in [0.4, 0.5) is 17.1 Å². The molecule has 158 valence electrons. The van der Waals surface area contributed by atoms with Gasteiger partial charge in [-0.25, -0.2) is 5.01 Å². The lowest BCUT2D eigenvalue weighted by Crippen LogP contribution is -2.36. The minimum atomic E-state index is -0.522. The van der Waals surface area contributed by atoms with Crippen molar-refractivity contribution in [2.45, 2.75) is 39.0 Å². The van der Waals surface area contributed by atoms with Gasteiger partial charge >= 0.3 is 0 Å². The van der Waals surface area contributed by atoms with Gasteiger partial charge in [0.15, 0.2) is 0 Å². The number of hydrogen-bond donors (Lipinski definition) is 2.